The summed E-state index contributed by atoms with van der Waals surface area (Å²) in [6, 6.07) is 15.3. The highest BCUT2D eigenvalue weighted by Gasteiger charge is 2.30. The Bertz CT molecular complexity index is 976. The predicted molar refractivity (Wildman–Crippen MR) is 107 cm³/mol. The van der Waals surface area contributed by atoms with E-state index in [0.29, 0.717) is 11.5 Å². The minimum absolute atomic E-state index is 0.0161. The number of amides is 2. The highest BCUT2D eigenvalue weighted by Crippen LogP contribution is 2.27. The van der Waals surface area contributed by atoms with Gasteiger partial charge in [0.25, 0.3) is 5.91 Å². The Morgan fingerprint density at radius 2 is 1.86 bits per heavy atom. The fourth-order valence-corrected chi connectivity index (χ4v) is 3.85. The molecule has 1 aliphatic rings. The van der Waals surface area contributed by atoms with Gasteiger partial charge in [0.2, 0.25) is 11.8 Å². The summed E-state index contributed by atoms with van der Waals surface area (Å²) in [4.78, 5) is 30.4. The third-order valence-corrected chi connectivity index (χ3v) is 5.35. The fourth-order valence-electron chi connectivity index (χ4n) is 3.85. The van der Waals surface area contributed by atoms with E-state index in [0.717, 1.165) is 35.9 Å². The van der Waals surface area contributed by atoms with E-state index in [1.54, 1.807) is 4.90 Å². The van der Waals surface area contributed by atoms with Crippen molar-refractivity contribution in [3.05, 3.63) is 54.1 Å². The van der Waals surface area contributed by atoms with Gasteiger partial charge >= 0.3 is 0 Å². The standard InChI is InChI=1S/C22H23N3O3/c1-14(26)23-17-11-12-18(13-17)25(2)22(27)16-9-7-15(8-10-16)21-24-19-5-3-4-6-20(19)28-21/h3-10,17-18H,11-13H2,1-2H3,(H,23,26). The molecular formula is C22H23N3O3. The number of nitrogens with zero attached hydrogens (tertiary/aromatic N) is 2. The van der Waals surface area contributed by atoms with Crippen molar-refractivity contribution in [2.24, 2.45) is 0 Å². The van der Waals surface area contributed by atoms with Gasteiger partial charge < -0.3 is 14.6 Å². The lowest BCUT2D eigenvalue weighted by Gasteiger charge is -2.25. The lowest BCUT2D eigenvalue weighted by molar-refractivity contribution is -0.119. The molecular weight excluding hydrogens is 354 g/mol. The molecule has 28 heavy (non-hydrogen) atoms. The van der Waals surface area contributed by atoms with E-state index < -0.39 is 0 Å². The Balaban J connectivity index is 1.46. The molecule has 2 unspecified atom stereocenters. The van der Waals surface area contributed by atoms with E-state index in [4.69, 9.17) is 4.42 Å². The number of hydrogen-bond donors (Lipinski definition) is 1. The fraction of sp³-hybridized carbons (Fsp3) is 0.318. The summed E-state index contributed by atoms with van der Waals surface area (Å²) in [6.45, 7) is 1.53. The third kappa shape index (κ3) is 3.63. The van der Waals surface area contributed by atoms with Crippen LogP contribution < -0.4 is 5.32 Å². The van der Waals surface area contributed by atoms with Crippen molar-refractivity contribution in [1.29, 1.82) is 0 Å². The van der Waals surface area contributed by atoms with Crippen LogP contribution in [0.25, 0.3) is 22.6 Å². The van der Waals surface area contributed by atoms with Gasteiger partial charge in [0.1, 0.15) is 5.52 Å². The minimum atomic E-state index is -0.0191. The van der Waals surface area contributed by atoms with Crippen LogP contribution in [0.1, 0.15) is 36.5 Å². The van der Waals surface area contributed by atoms with Crippen LogP contribution in [0.2, 0.25) is 0 Å². The number of benzene rings is 2. The van der Waals surface area contributed by atoms with Gasteiger partial charge in [-0.05, 0) is 55.7 Å². The predicted octanol–water partition coefficient (Wildman–Crippen LogP) is 3.62. The molecule has 1 saturated carbocycles. The van der Waals surface area contributed by atoms with Crippen molar-refractivity contribution < 1.29 is 14.0 Å². The van der Waals surface area contributed by atoms with E-state index in [-0.39, 0.29) is 23.9 Å². The van der Waals surface area contributed by atoms with E-state index in [9.17, 15) is 9.59 Å². The smallest absolute Gasteiger partial charge is 0.253 e. The molecule has 0 aliphatic heterocycles. The molecule has 0 radical (unpaired) electrons. The van der Waals surface area contributed by atoms with Crippen molar-refractivity contribution >= 4 is 22.9 Å². The number of fused-ring (bicyclic) bond motifs is 1. The number of carbonyl (C=O) groups is 2. The van der Waals surface area contributed by atoms with Gasteiger partial charge in [-0.2, -0.15) is 0 Å². The van der Waals surface area contributed by atoms with E-state index in [1.807, 2.05) is 55.6 Å². The van der Waals surface area contributed by atoms with Crippen LogP contribution in [0, 0.1) is 0 Å². The van der Waals surface area contributed by atoms with E-state index >= 15 is 0 Å². The normalized spacial score (nSPS) is 18.9. The lowest BCUT2D eigenvalue weighted by atomic mass is 10.1. The Labute approximate surface area is 163 Å². The molecule has 0 spiro atoms. The maximum Gasteiger partial charge on any atom is 0.253 e. The number of hydrogen-bond acceptors (Lipinski definition) is 4. The second-order valence-electron chi connectivity index (χ2n) is 7.34. The summed E-state index contributed by atoms with van der Waals surface area (Å²) < 4.78 is 5.79. The molecule has 1 N–H and O–H groups in total. The topological polar surface area (TPSA) is 75.4 Å². The first-order valence-corrected chi connectivity index (χ1v) is 9.51. The zero-order valence-electron chi connectivity index (χ0n) is 16.0. The summed E-state index contributed by atoms with van der Waals surface area (Å²) in [5.41, 5.74) is 3.02. The molecule has 1 aromatic heterocycles. The number of oxazole rings is 1. The largest absolute Gasteiger partial charge is 0.436 e. The van der Waals surface area contributed by atoms with Crippen LogP contribution in [0.3, 0.4) is 0 Å². The molecule has 1 heterocycles. The van der Waals surface area contributed by atoms with Crippen LogP contribution in [0.4, 0.5) is 0 Å². The van der Waals surface area contributed by atoms with Crippen LogP contribution >= 0.6 is 0 Å². The van der Waals surface area contributed by atoms with Crippen molar-refractivity contribution in [3.8, 4) is 11.5 Å². The van der Waals surface area contributed by atoms with Gasteiger partial charge in [-0.1, -0.05) is 12.1 Å². The second kappa shape index (κ2) is 7.46. The molecule has 0 saturated heterocycles. The zero-order chi connectivity index (χ0) is 19.7. The number of nitrogens with one attached hydrogen (secondary N) is 1. The quantitative estimate of drug-likeness (QED) is 0.753. The first kappa shape index (κ1) is 18.2. The Kier molecular flexibility index (Phi) is 4.86. The first-order chi connectivity index (χ1) is 13.5. The minimum Gasteiger partial charge on any atom is -0.436 e. The van der Waals surface area contributed by atoms with Gasteiger partial charge in [-0.15, -0.1) is 0 Å². The molecule has 1 fully saturated rings. The maximum atomic E-state index is 12.8. The van der Waals surface area contributed by atoms with Gasteiger partial charge in [-0.25, -0.2) is 4.98 Å². The molecule has 2 aromatic carbocycles. The Morgan fingerprint density at radius 3 is 2.57 bits per heavy atom. The average molecular weight is 377 g/mol. The molecule has 144 valence electrons. The van der Waals surface area contributed by atoms with Crippen molar-refractivity contribution in [3.63, 3.8) is 0 Å². The Morgan fingerprint density at radius 1 is 1.11 bits per heavy atom. The lowest BCUT2D eigenvalue weighted by Crippen LogP contribution is -2.37. The molecule has 2 amide bonds. The van der Waals surface area contributed by atoms with Crippen LogP contribution in [0.5, 0.6) is 0 Å². The van der Waals surface area contributed by atoms with Gasteiger partial charge in [0, 0.05) is 37.2 Å². The summed E-state index contributed by atoms with van der Waals surface area (Å²) in [6.07, 6.45) is 2.59. The molecule has 6 nitrogen and oxygen atoms in total. The SMILES string of the molecule is CC(=O)NC1CCC(N(C)C(=O)c2ccc(-c3nc4ccccc4o3)cc2)C1. The van der Waals surface area contributed by atoms with Crippen LogP contribution in [-0.4, -0.2) is 40.8 Å². The number of rotatable bonds is 4. The highest BCUT2D eigenvalue weighted by atomic mass is 16.3. The highest BCUT2D eigenvalue weighted by molar-refractivity contribution is 5.94. The second-order valence-corrected chi connectivity index (χ2v) is 7.34. The molecule has 1 aliphatic carbocycles. The van der Waals surface area contributed by atoms with Gasteiger partial charge in [0.05, 0.1) is 0 Å². The summed E-state index contributed by atoms with van der Waals surface area (Å²) in [7, 11) is 1.83. The molecule has 2 atom stereocenters. The van der Waals surface area contributed by atoms with Crippen molar-refractivity contribution in [2.75, 3.05) is 7.05 Å². The monoisotopic (exact) mass is 377 g/mol. The number of aromatic nitrogens is 1. The third-order valence-electron chi connectivity index (χ3n) is 5.35. The maximum absolute atomic E-state index is 12.8. The number of para-hydroxylation sites is 2. The zero-order valence-corrected chi connectivity index (χ0v) is 16.0. The van der Waals surface area contributed by atoms with Crippen LogP contribution in [-0.2, 0) is 4.79 Å². The summed E-state index contributed by atoms with van der Waals surface area (Å²) >= 11 is 0. The number of carbonyl (C=O) groups excluding carboxylic acids is 2. The van der Waals surface area contributed by atoms with E-state index in [2.05, 4.69) is 10.3 Å². The summed E-state index contributed by atoms with van der Waals surface area (Å²) in [5, 5.41) is 2.95. The average Bonchev–Trinajstić information content (AvgIpc) is 3.33. The molecule has 4 rings (SSSR count). The van der Waals surface area contributed by atoms with Crippen molar-refractivity contribution in [1.82, 2.24) is 15.2 Å². The molecule has 6 heteroatoms. The van der Waals surface area contributed by atoms with Crippen molar-refractivity contribution in [2.45, 2.75) is 38.3 Å². The molecule has 0 bridgehead atoms. The first-order valence-electron chi connectivity index (χ1n) is 9.51. The molecule has 3 aromatic rings. The Hall–Kier alpha value is -3.15. The summed E-state index contributed by atoms with van der Waals surface area (Å²) in [5.74, 6) is 0.509. The van der Waals surface area contributed by atoms with Gasteiger partial charge in [0.15, 0.2) is 5.58 Å². The van der Waals surface area contributed by atoms with Crippen LogP contribution in [0.15, 0.2) is 52.9 Å². The van der Waals surface area contributed by atoms with Gasteiger partial charge in [-0.3, -0.25) is 9.59 Å². The van der Waals surface area contributed by atoms with E-state index in [1.165, 1.54) is 6.92 Å².